The van der Waals surface area contributed by atoms with Crippen molar-refractivity contribution in [2.24, 2.45) is 0 Å². The Kier molecular flexibility index (Phi) is 3.66. The van der Waals surface area contributed by atoms with Gasteiger partial charge in [-0.1, -0.05) is 0 Å². The summed E-state index contributed by atoms with van der Waals surface area (Å²) in [5.41, 5.74) is 0.0265. The summed E-state index contributed by atoms with van der Waals surface area (Å²) in [5, 5.41) is 2.47. The summed E-state index contributed by atoms with van der Waals surface area (Å²) in [5.74, 6) is -2.28. The number of nitrogens with one attached hydrogen (secondary N) is 1. The molecule has 0 saturated heterocycles. The molecule has 2 rings (SSSR count). The zero-order chi connectivity index (χ0) is 13.1. The lowest BCUT2D eigenvalue weighted by Crippen LogP contribution is -2.13. The van der Waals surface area contributed by atoms with Crippen LogP contribution < -0.4 is 5.32 Å². The zero-order valence-corrected chi connectivity index (χ0v) is 10.5. The van der Waals surface area contributed by atoms with Crippen LogP contribution in [0.5, 0.6) is 0 Å². The van der Waals surface area contributed by atoms with Gasteiger partial charge in [-0.2, -0.15) is 0 Å². The molecule has 0 aliphatic carbocycles. The lowest BCUT2D eigenvalue weighted by atomic mass is 10.2. The second kappa shape index (κ2) is 5.22. The van der Waals surface area contributed by atoms with Gasteiger partial charge in [-0.15, -0.1) is 0 Å². The number of rotatable bonds is 2. The molecule has 3 nitrogen and oxygen atoms in total. The predicted octanol–water partition coefficient (Wildman–Crippen LogP) is 3.37. The molecule has 6 heteroatoms. The van der Waals surface area contributed by atoms with Crippen molar-refractivity contribution in [3.63, 3.8) is 0 Å². The molecule has 0 aliphatic heterocycles. The highest BCUT2D eigenvalue weighted by Gasteiger charge is 2.10. The molecule has 18 heavy (non-hydrogen) atoms. The molecule has 0 unspecified atom stereocenters. The van der Waals surface area contributed by atoms with Gasteiger partial charge in [0.05, 0.1) is 0 Å². The number of amides is 1. The number of carbonyl (C=O) groups excluding carboxylic acids is 1. The molecule has 1 N–H and O–H groups in total. The van der Waals surface area contributed by atoms with Gasteiger partial charge in [0.1, 0.15) is 5.82 Å². The molecule has 0 bridgehead atoms. The number of nitrogens with zero attached hydrogens (tertiary/aromatic N) is 1. The first-order valence-electron chi connectivity index (χ1n) is 4.94. The topological polar surface area (TPSA) is 42.0 Å². The van der Waals surface area contributed by atoms with Gasteiger partial charge in [-0.25, -0.2) is 13.8 Å². The molecule has 1 amide bonds. The highest BCUT2D eigenvalue weighted by Crippen LogP contribution is 2.13. The Bertz CT molecular complexity index is 587. The van der Waals surface area contributed by atoms with Crippen molar-refractivity contribution in [1.82, 2.24) is 4.98 Å². The van der Waals surface area contributed by atoms with Crippen LogP contribution in [0.1, 0.15) is 10.4 Å². The van der Waals surface area contributed by atoms with Crippen molar-refractivity contribution in [2.75, 3.05) is 5.32 Å². The average molecular weight is 313 g/mol. The van der Waals surface area contributed by atoms with E-state index in [1.54, 1.807) is 12.1 Å². The predicted molar refractivity (Wildman–Crippen MR) is 66.2 cm³/mol. The highest BCUT2D eigenvalue weighted by molar-refractivity contribution is 9.10. The number of aromatic nitrogens is 1. The SMILES string of the molecule is O=C(Nc1ccc(Br)cn1)c1ccc(F)c(F)c1. The molecule has 0 radical (unpaired) electrons. The van der Waals surface area contributed by atoms with Crippen LogP contribution in [-0.2, 0) is 0 Å². The minimum Gasteiger partial charge on any atom is -0.307 e. The summed E-state index contributed by atoms with van der Waals surface area (Å²) in [6, 6.07) is 6.23. The first-order valence-corrected chi connectivity index (χ1v) is 5.73. The average Bonchev–Trinajstić information content (AvgIpc) is 2.35. The first-order chi connectivity index (χ1) is 8.56. The van der Waals surface area contributed by atoms with E-state index in [0.717, 1.165) is 16.6 Å². The molecule has 2 aromatic rings. The molecule has 92 valence electrons. The van der Waals surface area contributed by atoms with Crippen LogP contribution >= 0.6 is 15.9 Å². The van der Waals surface area contributed by atoms with E-state index in [1.807, 2.05) is 0 Å². The van der Waals surface area contributed by atoms with Crippen molar-refractivity contribution in [3.05, 3.63) is 58.2 Å². The number of halogens is 3. The molecule has 1 aromatic carbocycles. The van der Waals surface area contributed by atoms with E-state index in [0.29, 0.717) is 5.82 Å². The van der Waals surface area contributed by atoms with Crippen LogP contribution in [0.25, 0.3) is 0 Å². The van der Waals surface area contributed by atoms with Gasteiger partial charge in [-0.05, 0) is 46.3 Å². The van der Waals surface area contributed by atoms with Gasteiger partial charge in [0.2, 0.25) is 0 Å². The Hall–Kier alpha value is -1.82. The van der Waals surface area contributed by atoms with Gasteiger partial charge in [-0.3, -0.25) is 4.79 Å². The number of benzene rings is 1. The summed E-state index contributed by atoms with van der Waals surface area (Å²) in [7, 11) is 0. The molecular weight excluding hydrogens is 306 g/mol. The van der Waals surface area contributed by atoms with Crippen molar-refractivity contribution in [3.8, 4) is 0 Å². The van der Waals surface area contributed by atoms with Gasteiger partial charge < -0.3 is 5.32 Å². The maximum Gasteiger partial charge on any atom is 0.256 e. The quantitative estimate of drug-likeness (QED) is 0.923. The van der Waals surface area contributed by atoms with E-state index >= 15 is 0 Å². The molecule has 0 aliphatic rings. The summed E-state index contributed by atoms with van der Waals surface area (Å²) in [6.07, 6.45) is 1.51. The van der Waals surface area contributed by atoms with Crippen molar-refractivity contribution in [2.45, 2.75) is 0 Å². The normalized spacial score (nSPS) is 10.2. The molecule has 1 aromatic heterocycles. The Balaban J connectivity index is 2.16. The maximum atomic E-state index is 13.0. The largest absolute Gasteiger partial charge is 0.307 e. The van der Waals surface area contributed by atoms with Crippen molar-refractivity contribution in [1.29, 1.82) is 0 Å². The van der Waals surface area contributed by atoms with Gasteiger partial charge >= 0.3 is 0 Å². The van der Waals surface area contributed by atoms with E-state index in [9.17, 15) is 13.6 Å². The second-order valence-corrected chi connectivity index (χ2v) is 4.36. The van der Waals surface area contributed by atoms with Crippen LogP contribution in [0.4, 0.5) is 14.6 Å². The molecule has 1 heterocycles. The number of pyridine rings is 1. The standard InChI is InChI=1S/C12H7BrF2N2O/c13-8-2-4-11(16-6-8)17-12(18)7-1-3-9(14)10(15)5-7/h1-6H,(H,16,17,18). The smallest absolute Gasteiger partial charge is 0.256 e. The van der Waals surface area contributed by atoms with E-state index < -0.39 is 17.5 Å². The van der Waals surface area contributed by atoms with E-state index in [1.165, 1.54) is 12.3 Å². The fourth-order valence-electron chi connectivity index (χ4n) is 1.28. The van der Waals surface area contributed by atoms with Crippen molar-refractivity contribution < 1.29 is 13.6 Å². The lowest BCUT2D eigenvalue weighted by molar-refractivity contribution is 0.102. The lowest BCUT2D eigenvalue weighted by Gasteiger charge is -2.04. The fourth-order valence-corrected chi connectivity index (χ4v) is 1.51. The van der Waals surface area contributed by atoms with Crippen LogP contribution in [0, 0.1) is 11.6 Å². The Morgan fingerprint density at radius 1 is 1.17 bits per heavy atom. The van der Waals surface area contributed by atoms with Crippen LogP contribution in [-0.4, -0.2) is 10.9 Å². The minimum absolute atomic E-state index is 0.0265. The Morgan fingerprint density at radius 2 is 1.94 bits per heavy atom. The molecule has 0 saturated carbocycles. The molecular formula is C12H7BrF2N2O. The molecule has 0 fully saturated rings. The summed E-state index contributed by atoms with van der Waals surface area (Å²) in [4.78, 5) is 15.6. The summed E-state index contributed by atoms with van der Waals surface area (Å²) < 4.78 is 26.4. The Morgan fingerprint density at radius 3 is 2.56 bits per heavy atom. The monoisotopic (exact) mass is 312 g/mol. The zero-order valence-electron chi connectivity index (χ0n) is 8.95. The van der Waals surface area contributed by atoms with Crippen LogP contribution in [0.3, 0.4) is 0 Å². The van der Waals surface area contributed by atoms with E-state index in [4.69, 9.17) is 0 Å². The first kappa shape index (κ1) is 12.6. The number of carbonyl (C=O) groups is 1. The summed E-state index contributed by atoms with van der Waals surface area (Å²) >= 11 is 3.21. The van der Waals surface area contributed by atoms with E-state index in [-0.39, 0.29) is 5.56 Å². The van der Waals surface area contributed by atoms with E-state index in [2.05, 4.69) is 26.2 Å². The fraction of sp³-hybridized carbons (Fsp3) is 0. The third-order valence-corrected chi connectivity index (χ3v) is 2.62. The second-order valence-electron chi connectivity index (χ2n) is 3.44. The third-order valence-electron chi connectivity index (χ3n) is 2.15. The molecule has 0 atom stereocenters. The number of hydrogen-bond acceptors (Lipinski definition) is 2. The van der Waals surface area contributed by atoms with Crippen LogP contribution in [0.2, 0.25) is 0 Å². The van der Waals surface area contributed by atoms with Crippen molar-refractivity contribution >= 4 is 27.7 Å². The maximum absolute atomic E-state index is 13.0. The Labute approximate surface area is 110 Å². The third kappa shape index (κ3) is 2.89. The van der Waals surface area contributed by atoms with Gasteiger partial charge in [0.15, 0.2) is 11.6 Å². The van der Waals surface area contributed by atoms with Crippen LogP contribution in [0.15, 0.2) is 41.0 Å². The highest BCUT2D eigenvalue weighted by atomic mass is 79.9. The number of hydrogen-bond donors (Lipinski definition) is 1. The van der Waals surface area contributed by atoms with Gasteiger partial charge in [0.25, 0.3) is 5.91 Å². The summed E-state index contributed by atoms with van der Waals surface area (Å²) in [6.45, 7) is 0. The molecule has 0 spiro atoms. The number of anilines is 1. The minimum atomic E-state index is -1.06. The van der Waals surface area contributed by atoms with Gasteiger partial charge in [0, 0.05) is 16.2 Å².